The molecule has 5 rings (SSSR count). The molecule has 0 aliphatic carbocycles. The number of carbonyl (C=O) groups excluding carboxylic acids is 1. The molecular formula is C21H17F3N6O3. The lowest BCUT2D eigenvalue weighted by molar-refractivity contribution is 0.0231. The molecule has 0 radical (unpaired) electrons. The van der Waals surface area contributed by atoms with E-state index in [1.807, 2.05) is 0 Å². The Labute approximate surface area is 185 Å². The molecule has 1 fully saturated rings. The van der Waals surface area contributed by atoms with Gasteiger partial charge in [0.15, 0.2) is 5.82 Å². The van der Waals surface area contributed by atoms with Gasteiger partial charge in [0, 0.05) is 25.6 Å². The van der Waals surface area contributed by atoms with E-state index < -0.39 is 35.6 Å². The topological polar surface area (TPSA) is 97.0 Å². The standard InChI is InChI=1S/C21H17F3N6O3/c1-11-27-28-20(32-11)17-3-2-16(24)19(26-17)33-15-9-29(10-15)21(31)30-18(4-5-25-30)12-6-13(22)8-14(23)7-12/h2-3,5-8,15,18H,4,9-10H2,1H3/t18-/m0/s1. The zero-order chi connectivity index (χ0) is 23.1. The van der Waals surface area contributed by atoms with Crippen molar-refractivity contribution in [2.24, 2.45) is 5.10 Å². The van der Waals surface area contributed by atoms with Gasteiger partial charge in [0.2, 0.25) is 5.89 Å². The lowest BCUT2D eigenvalue weighted by Gasteiger charge is -2.40. The number of nitrogens with zero attached hydrogens (tertiary/aromatic N) is 6. The molecule has 2 aromatic heterocycles. The Morgan fingerprint density at radius 2 is 1.88 bits per heavy atom. The van der Waals surface area contributed by atoms with Crippen molar-refractivity contribution in [3.8, 4) is 17.5 Å². The molecule has 1 saturated heterocycles. The molecule has 2 aliphatic heterocycles. The van der Waals surface area contributed by atoms with E-state index in [2.05, 4.69) is 20.3 Å². The molecular weight excluding hydrogens is 441 g/mol. The highest BCUT2D eigenvalue weighted by Gasteiger charge is 2.39. The van der Waals surface area contributed by atoms with Crippen LogP contribution in [0.25, 0.3) is 11.6 Å². The van der Waals surface area contributed by atoms with Crippen LogP contribution in [0.2, 0.25) is 0 Å². The van der Waals surface area contributed by atoms with Gasteiger partial charge < -0.3 is 14.1 Å². The predicted octanol–water partition coefficient (Wildman–Crippen LogP) is 3.47. The minimum atomic E-state index is -0.728. The molecule has 1 atom stereocenters. The summed E-state index contributed by atoms with van der Waals surface area (Å²) >= 11 is 0. The van der Waals surface area contributed by atoms with Crippen molar-refractivity contribution in [2.75, 3.05) is 13.1 Å². The fraction of sp³-hybridized carbons (Fsp3) is 0.286. The van der Waals surface area contributed by atoms with Crippen LogP contribution in [0.1, 0.15) is 23.9 Å². The third kappa shape index (κ3) is 4.11. The Bertz CT molecular complexity index is 1220. The van der Waals surface area contributed by atoms with Crippen LogP contribution in [-0.2, 0) is 0 Å². The molecule has 9 nitrogen and oxygen atoms in total. The Kier molecular flexibility index (Phi) is 5.19. The molecule has 0 spiro atoms. The molecule has 4 heterocycles. The largest absolute Gasteiger partial charge is 0.468 e. The van der Waals surface area contributed by atoms with Crippen LogP contribution in [0.4, 0.5) is 18.0 Å². The van der Waals surface area contributed by atoms with Crippen LogP contribution >= 0.6 is 0 Å². The maximum Gasteiger partial charge on any atom is 0.341 e. The van der Waals surface area contributed by atoms with Crippen molar-refractivity contribution in [3.05, 3.63) is 59.2 Å². The molecule has 2 aliphatic rings. The fourth-order valence-corrected chi connectivity index (χ4v) is 3.64. The number of halogens is 3. The summed E-state index contributed by atoms with van der Waals surface area (Å²) < 4.78 is 52.3. The maximum absolute atomic E-state index is 14.2. The second-order valence-corrected chi connectivity index (χ2v) is 7.63. The third-order valence-corrected chi connectivity index (χ3v) is 5.25. The Morgan fingerprint density at radius 1 is 1.12 bits per heavy atom. The summed E-state index contributed by atoms with van der Waals surface area (Å²) in [5.74, 6) is -1.89. The molecule has 0 saturated carbocycles. The van der Waals surface area contributed by atoms with Crippen molar-refractivity contribution < 1.29 is 27.1 Å². The highest BCUT2D eigenvalue weighted by Crippen LogP contribution is 2.32. The summed E-state index contributed by atoms with van der Waals surface area (Å²) in [5.41, 5.74) is 0.571. The fourth-order valence-electron chi connectivity index (χ4n) is 3.64. The van der Waals surface area contributed by atoms with Crippen molar-refractivity contribution in [2.45, 2.75) is 25.5 Å². The summed E-state index contributed by atoms with van der Waals surface area (Å²) in [5, 5.41) is 12.8. The minimum Gasteiger partial charge on any atom is -0.468 e. The lowest BCUT2D eigenvalue weighted by atomic mass is 10.0. The number of carbonyl (C=O) groups is 1. The minimum absolute atomic E-state index is 0.134. The number of pyridine rings is 1. The van der Waals surface area contributed by atoms with Gasteiger partial charge >= 0.3 is 6.03 Å². The smallest absolute Gasteiger partial charge is 0.341 e. The number of urea groups is 1. The van der Waals surface area contributed by atoms with Gasteiger partial charge in [-0.05, 0) is 29.8 Å². The number of rotatable bonds is 4. The van der Waals surface area contributed by atoms with Gasteiger partial charge in [0.1, 0.15) is 23.4 Å². The van der Waals surface area contributed by atoms with Crippen molar-refractivity contribution in [1.82, 2.24) is 25.1 Å². The quantitative estimate of drug-likeness (QED) is 0.594. The number of likely N-dealkylation sites (tertiary alicyclic amines) is 1. The Balaban J connectivity index is 1.23. The van der Waals surface area contributed by atoms with Crippen LogP contribution in [0.5, 0.6) is 5.88 Å². The summed E-state index contributed by atoms with van der Waals surface area (Å²) in [6, 6.07) is 4.64. The number of aryl methyl sites for hydroxylation is 1. The van der Waals surface area contributed by atoms with Gasteiger partial charge in [-0.25, -0.2) is 28.0 Å². The first-order valence-corrected chi connectivity index (χ1v) is 10.1. The van der Waals surface area contributed by atoms with Crippen LogP contribution in [0, 0.1) is 24.4 Å². The normalized spacial score (nSPS) is 18.0. The SMILES string of the molecule is Cc1nnc(-c2ccc(F)c(OC3CN(C(=O)N4N=CC[C@H]4c4cc(F)cc(F)c4)C3)n2)o1. The van der Waals surface area contributed by atoms with Crippen LogP contribution in [0.3, 0.4) is 0 Å². The van der Waals surface area contributed by atoms with Crippen LogP contribution < -0.4 is 4.74 Å². The highest BCUT2D eigenvalue weighted by atomic mass is 19.1. The molecule has 1 aromatic carbocycles. The van der Waals surface area contributed by atoms with Gasteiger partial charge in [0.05, 0.1) is 19.1 Å². The van der Waals surface area contributed by atoms with E-state index in [-0.39, 0.29) is 30.6 Å². The molecule has 0 N–H and O–H groups in total. The van der Waals surface area contributed by atoms with E-state index in [9.17, 15) is 18.0 Å². The van der Waals surface area contributed by atoms with Crippen molar-refractivity contribution >= 4 is 12.2 Å². The maximum atomic E-state index is 14.2. The van der Waals surface area contributed by atoms with Gasteiger partial charge in [-0.2, -0.15) is 5.10 Å². The molecule has 2 amide bonds. The monoisotopic (exact) mass is 458 g/mol. The first-order valence-electron chi connectivity index (χ1n) is 10.1. The number of amides is 2. The molecule has 3 aromatic rings. The average molecular weight is 458 g/mol. The zero-order valence-electron chi connectivity index (χ0n) is 17.3. The molecule has 12 heteroatoms. The summed E-state index contributed by atoms with van der Waals surface area (Å²) in [6.07, 6.45) is 1.36. The average Bonchev–Trinajstić information content (AvgIpc) is 3.40. The second kappa shape index (κ2) is 8.19. The summed E-state index contributed by atoms with van der Waals surface area (Å²) in [4.78, 5) is 18.4. The molecule has 33 heavy (non-hydrogen) atoms. The van der Waals surface area contributed by atoms with Crippen molar-refractivity contribution in [1.29, 1.82) is 0 Å². The van der Waals surface area contributed by atoms with E-state index >= 15 is 0 Å². The predicted molar refractivity (Wildman–Crippen MR) is 108 cm³/mol. The highest BCUT2D eigenvalue weighted by molar-refractivity contribution is 5.79. The zero-order valence-corrected chi connectivity index (χ0v) is 17.3. The number of aromatic nitrogens is 3. The first-order chi connectivity index (χ1) is 15.9. The van der Waals surface area contributed by atoms with E-state index in [1.54, 1.807) is 6.92 Å². The summed E-state index contributed by atoms with van der Waals surface area (Å²) in [7, 11) is 0. The molecule has 0 unspecified atom stereocenters. The number of benzene rings is 1. The number of hydrogen-bond acceptors (Lipinski definition) is 7. The van der Waals surface area contributed by atoms with Gasteiger partial charge in [-0.3, -0.25) is 0 Å². The number of ether oxygens (including phenoxy) is 1. The molecule has 0 bridgehead atoms. The van der Waals surface area contributed by atoms with Crippen LogP contribution in [-0.4, -0.2) is 56.5 Å². The van der Waals surface area contributed by atoms with Gasteiger partial charge in [0.25, 0.3) is 11.8 Å². The van der Waals surface area contributed by atoms with Crippen LogP contribution in [0.15, 0.2) is 39.9 Å². The van der Waals surface area contributed by atoms with E-state index in [0.717, 1.165) is 6.07 Å². The number of hydrogen-bond donors (Lipinski definition) is 0. The van der Waals surface area contributed by atoms with E-state index in [0.29, 0.717) is 17.9 Å². The lowest BCUT2D eigenvalue weighted by Crippen LogP contribution is -2.59. The van der Waals surface area contributed by atoms with Gasteiger partial charge in [-0.15, -0.1) is 10.2 Å². The number of hydrazone groups is 1. The Hall–Kier alpha value is -3.96. The van der Waals surface area contributed by atoms with E-state index in [1.165, 1.54) is 40.4 Å². The first kappa shape index (κ1) is 20.9. The van der Waals surface area contributed by atoms with E-state index in [4.69, 9.17) is 9.15 Å². The summed E-state index contributed by atoms with van der Waals surface area (Å²) in [6.45, 7) is 1.96. The Morgan fingerprint density at radius 3 is 2.58 bits per heavy atom. The van der Waals surface area contributed by atoms with Crippen molar-refractivity contribution in [3.63, 3.8) is 0 Å². The second-order valence-electron chi connectivity index (χ2n) is 7.63. The third-order valence-electron chi connectivity index (χ3n) is 5.25. The van der Waals surface area contributed by atoms with Gasteiger partial charge in [-0.1, -0.05) is 0 Å². The molecule has 170 valence electrons.